The Labute approximate surface area is 252 Å². The first-order chi connectivity index (χ1) is 20.1. The van der Waals surface area contributed by atoms with E-state index in [1.54, 1.807) is 0 Å². The maximum Gasteiger partial charge on any atom is 0.153 e. The SMILES string of the molecule is C[Si](C)(C)n1c2ccccc2c2ccc(OCCCCCCOc3ccc4c5ccccc5n([Si](C)(C)C)c4c3)cc21. The Balaban J connectivity index is 1.02. The first-order valence-electron chi connectivity index (χ1n) is 15.5. The Morgan fingerprint density at radius 2 is 0.833 bits per heavy atom. The average molecular weight is 593 g/mol. The Morgan fingerprint density at radius 1 is 0.452 bits per heavy atom. The lowest BCUT2D eigenvalue weighted by atomic mass is 10.1. The normalized spacial score (nSPS) is 12.6. The predicted octanol–water partition coefficient (Wildman–Crippen LogP) is 10.3. The summed E-state index contributed by atoms with van der Waals surface area (Å²) < 4.78 is 17.6. The molecule has 0 N–H and O–H groups in total. The first kappa shape index (κ1) is 28.6. The molecule has 0 saturated heterocycles. The van der Waals surface area contributed by atoms with Crippen molar-refractivity contribution in [1.29, 1.82) is 0 Å². The molecule has 0 aliphatic heterocycles. The number of aromatic nitrogens is 2. The maximum absolute atomic E-state index is 6.23. The Hall–Kier alpha value is -3.49. The van der Waals surface area contributed by atoms with Gasteiger partial charge in [0.1, 0.15) is 11.5 Å². The van der Waals surface area contributed by atoms with Gasteiger partial charge in [-0.25, -0.2) is 0 Å². The Kier molecular flexibility index (Phi) is 7.71. The fourth-order valence-electron chi connectivity index (χ4n) is 6.46. The summed E-state index contributed by atoms with van der Waals surface area (Å²) in [6.07, 6.45) is 4.39. The number of hydrogen-bond acceptors (Lipinski definition) is 2. The van der Waals surface area contributed by atoms with Crippen molar-refractivity contribution in [3.63, 3.8) is 0 Å². The second-order valence-electron chi connectivity index (χ2n) is 13.5. The molecule has 42 heavy (non-hydrogen) atoms. The lowest BCUT2D eigenvalue weighted by Gasteiger charge is -2.22. The summed E-state index contributed by atoms with van der Waals surface area (Å²) in [6.45, 7) is 15.9. The smallest absolute Gasteiger partial charge is 0.153 e. The zero-order valence-corrected chi connectivity index (χ0v) is 28.0. The topological polar surface area (TPSA) is 28.3 Å². The van der Waals surface area contributed by atoms with Gasteiger partial charge in [-0.3, -0.25) is 0 Å². The molecule has 6 heteroatoms. The van der Waals surface area contributed by atoms with Gasteiger partial charge in [0, 0.05) is 55.7 Å². The third kappa shape index (κ3) is 5.50. The number of ether oxygens (including phenoxy) is 2. The van der Waals surface area contributed by atoms with Crippen molar-refractivity contribution in [2.45, 2.75) is 65.0 Å². The molecule has 0 aliphatic carbocycles. The molecule has 0 amide bonds. The largest absolute Gasteiger partial charge is 0.494 e. The van der Waals surface area contributed by atoms with Crippen LogP contribution in [0.4, 0.5) is 0 Å². The lowest BCUT2D eigenvalue weighted by molar-refractivity contribution is 0.288. The van der Waals surface area contributed by atoms with Crippen LogP contribution in [-0.4, -0.2) is 38.2 Å². The van der Waals surface area contributed by atoms with Crippen molar-refractivity contribution in [3.8, 4) is 11.5 Å². The molecule has 6 rings (SSSR count). The van der Waals surface area contributed by atoms with Gasteiger partial charge in [0.2, 0.25) is 0 Å². The van der Waals surface area contributed by atoms with Gasteiger partial charge in [-0.05, 0) is 62.1 Å². The molecule has 4 nitrogen and oxygen atoms in total. The van der Waals surface area contributed by atoms with Crippen molar-refractivity contribution in [2.24, 2.45) is 0 Å². The number of para-hydroxylation sites is 2. The number of hydrogen-bond donors (Lipinski definition) is 0. The molecule has 0 radical (unpaired) electrons. The zero-order valence-electron chi connectivity index (χ0n) is 26.0. The minimum absolute atomic E-state index is 0.747. The monoisotopic (exact) mass is 592 g/mol. The summed E-state index contributed by atoms with van der Waals surface area (Å²) >= 11 is 0. The number of fused-ring (bicyclic) bond motifs is 6. The van der Waals surface area contributed by atoms with E-state index in [0.717, 1.165) is 50.4 Å². The number of rotatable bonds is 11. The summed E-state index contributed by atoms with van der Waals surface area (Å²) in [6, 6.07) is 30.8. The summed E-state index contributed by atoms with van der Waals surface area (Å²) in [4.78, 5) is 0. The van der Waals surface area contributed by atoms with Gasteiger partial charge in [0.15, 0.2) is 16.5 Å². The molecule has 4 aromatic carbocycles. The molecule has 0 fully saturated rings. The van der Waals surface area contributed by atoms with Crippen LogP contribution in [0.1, 0.15) is 25.7 Å². The zero-order chi connectivity index (χ0) is 29.5. The van der Waals surface area contributed by atoms with Crippen LogP contribution in [-0.2, 0) is 0 Å². The molecular formula is C36H44N2O2Si2. The van der Waals surface area contributed by atoms with Crippen LogP contribution in [0.5, 0.6) is 11.5 Å². The molecule has 2 heterocycles. The quantitative estimate of drug-likeness (QED) is 0.111. The van der Waals surface area contributed by atoms with E-state index in [0.29, 0.717) is 0 Å². The average Bonchev–Trinajstić information content (AvgIpc) is 3.46. The van der Waals surface area contributed by atoms with Crippen molar-refractivity contribution in [1.82, 2.24) is 8.47 Å². The lowest BCUT2D eigenvalue weighted by Crippen LogP contribution is -2.31. The second kappa shape index (κ2) is 11.3. The van der Waals surface area contributed by atoms with Crippen molar-refractivity contribution in [2.75, 3.05) is 13.2 Å². The van der Waals surface area contributed by atoms with E-state index in [4.69, 9.17) is 9.47 Å². The highest BCUT2D eigenvalue weighted by Gasteiger charge is 2.24. The molecule has 0 saturated carbocycles. The van der Waals surface area contributed by atoms with Crippen molar-refractivity contribution >= 4 is 60.1 Å². The maximum atomic E-state index is 6.23. The van der Waals surface area contributed by atoms with Crippen molar-refractivity contribution < 1.29 is 9.47 Å². The third-order valence-electron chi connectivity index (χ3n) is 8.21. The molecule has 0 atom stereocenters. The first-order valence-corrected chi connectivity index (χ1v) is 22.4. The van der Waals surface area contributed by atoms with Crippen LogP contribution in [0, 0.1) is 0 Å². The van der Waals surface area contributed by atoms with E-state index in [-0.39, 0.29) is 0 Å². The van der Waals surface area contributed by atoms with Crippen LogP contribution in [0.25, 0.3) is 43.6 Å². The Bertz CT molecular complexity index is 1730. The molecule has 6 aromatic rings. The van der Waals surface area contributed by atoms with Crippen LogP contribution in [0.3, 0.4) is 0 Å². The van der Waals surface area contributed by atoms with Gasteiger partial charge in [-0.1, -0.05) is 75.7 Å². The second-order valence-corrected chi connectivity index (χ2v) is 23.1. The van der Waals surface area contributed by atoms with Crippen LogP contribution >= 0.6 is 0 Å². The third-order valence-corrected chi connectivity index (χ3v) is 11.9. The number of unbranched alkanes of at least 4 members (excludes halogenated alkanes) is 3. The van der Waals surface area contributed by atoms with Gasteiger partial charge in [0.05, 0.1) is 13.2 Å². The minimum Gasteiger partial charge on any atom is -0.494 e. The molecule has 0 unspecified atom stereocenters. The molecule has 0 bridgehead atoms. The number of benzene rings is 4. The Morgan fingerprint density at radius 3 is 1.24 bits per heavy atom. The van der Waals surface area contributed by atoms with Crippen LogP contribution < -0.4 is 9.47 Å². The molecule has 218 valence electrons. The van der Waals surface area contributed by atoms with E-state index in [1.807, 2.05) is 0 Å². The van der Waals surface area contributed by atoms with Crippen molar-refractivity contribution in [3.05, 3.63) is 84.9 Å². The molecule has 0 spiro atoms. The van der Waals surface area contributed by atoms with Gasteiger partial charge in [-0.15, -0.1) is 0 Å². The fraction of sp³-hybridized carbons (Fsp3) is 0.333. The van der Waals surface area contributed by atoms with E-state index in [2.05, 4.69) is 133 Å². The highest BCUT2D eigenvalue weighted by molar-refractivity contribution is 6.76. The predicted molar refractivity (Wildman–Crippen MR) is 186 cm³/mol. The highest BCUT2D eigenvalue weighted by Crippen LogP contribution is 2.35. The van der Waals surface area contributed by atoms with E-state index in [1.165, 1.54) is 43.6 Å². The molecule has 2 aromatic heterocycles. The summed E-state index contributed by atoms with van der Waals surface area (Å²) in [5.41, 5.74) is 5.27. The molecular weight excluding hydrogens is 549 g/mol. The fourth-order valence-corrected chi connectivity index (χ4v) is 10.1. The summed E-state index contributed by atoms with van der Waals surface area (Å²) in [7, 11) is -3.20. The van der Waals surface area contributed by atoms with E-state index < -0.39 is 16.5 Å². The summed E-state index contributed by atoms with van der Waals surface area (Å²) in [5, 5.41) is 5.31. The standard InChI is InChI=1S/C36H44N2O2Si2/c1-41(2,3)37-33-17-11-9-15-29(33)31-21-19-27(25-35(31)37)39-23-13-7-8-14-24-40-28-20-22-32-30-16-10-12-18-34(30)38(36(32)26-28)42(4,5)6/h9-12,15-22,25-26H,7-8,13-14,23-24H2,1-6H3. The van der Waals surface area contributed by atoms with Crippen LogP contribution in [0.2, 0.25) is 39.3 Å². The van der Waals surface area contributed by atoms with Gasteiger partial charge in [0.25, 0.3) is 0 Å². The number of nitrogens with zero attached hydrogens (tertiary/aromatic N) is 2. The van der Waals surface area contributed by atoms with Gasteiger partial charge >= 0.3 is 0 Å². The summed E-state index contributed by atoms with van der Waals surface area (Å²) in [5.74, 6) is 1.94. The minimum atomic E-state index is -1.60. The molecule has 0 aliphatic rings. The van der Waals surface area contributed by atoms with Crippen LogP contribution in [0.15, 0.2) is 84.9 Å². The van der Waals surface area contributed by atoms with Gasteiger partial charge < -0.3 is 17.9 Å². The van der Waals surface area contributed by atoms with E-state index >= 15 is 0 Å². The van der Waals surface area contributed by atoms with Gasteiger partial charge in [-0.2, -0.15) is 0 Å². The highest BCUT2D eigenvalue weighted by atomic mass is 28.3. The van der Waals surface area contributed by atoms with E-state index in [9.17, 15) is 0 Å².